The maximum absolute atomic E-state index is 12.2. The second-order valence-electron chi connectivity index (χ2n) is 4.56. The lowest BCUT2D eigenvalue weighted by molar-refractivity contribution is 0.162. The van der Waals surface area contributed by atoms with E-state index in [0.717, 1.165) is 25.9 Å². The minimum Gasteiger partial charge on any atom is -0.328 e. The van der Waals surface area contributed by atoms with Crippen molar-refractivity contribution in [1.82, 2.24) is 9.80 Å². The molecule has 0 fully saturated rings. The topological polar surface area (TPSA) is 23.6 Å². The van der Waals surface area contributed by atoms with Crippen molar-refractivity contribution >= 4 is 6.03 Å². The first-order valence-corrected chi connectivity index (χ1v) is 6.73. The van der Waals surface area contributed by atoms with Crippen LogP contribution in [-0.4, -0.2) is 36.0 Å². The Morgan fingerprint density at radius 2 is 1.83 bits per heavy atom. The van der Waals surface area contributed by atoms with Gasteiger partial charge in [0.15, 0.2) is 0 Å². The van der Waals surface area contributed by atoms with E-state index in [1.54, 1.807) is 0 Å². The number of hydrogen-bond donors (Lipinski definition) is 0. The minimum atomic E-state index is 0.120. The smallest absolute Gasteiger partial charge is 0.320 e. The minimum absolute atomic E-state index is 0.120. The largest absolute Gasteiger partial charge is 0.328 e. The second-order valence-corrected chi connectivity index (χ2v) is 4.56. The average molecular weight is 248 g/mol. The Balaban J connectivity index is 2.57. The summed E-state index contributed by atoms with van der Waals surface area (Å²) in [6.45, 7) is 6.42. The van der Waals surface area contributed by atoms with Crippen LogP contribution in [0.25, 0.3) is 0 Å². The molecule has 0 aliphatic carbocycles. The van der Waals surface area contributed by atoms with Crippen LogP contribution < -0.4 is 0 Å². The van der Waals surface area contributed by atoms with E-state index < -0.39 is 0 Å². The van der Waals surface area contributed by atoms with Gasteiger partial charge in [-0.05, 0) is 18.9 Å². The van der Waals surface area contributed by atoms with Gasteiger partial charge in [0, 0.05) is 26.7 Å². The van der Waals surface area contributed by atoms with E-state index in [-0.39, 0.29) is 6.03 Å². The predicted molar refractivity (Wildman–Crippen MR) is 75.5 cm³/mol. The van der Waals surface area contributed by atoms with Crippen LogP contribution in [0.4, 0.5) is 4.79 Å². The summed E-state index contributed by atoms with van der Waals surface area (Å²) in [5.41, 5.74) is 1.18. The summed E-state index contributed by atoms with van der Waals surface area (Å²) in [6, 6.07) is 10.2. The lowest BCUT2D eigenvalue weighted by Gasteiger charge is -2.27. The Labute approximate surface area is 110 Å². The number of hydrogen-bond acceptors (Lipinski definition) is 1. The number of benzene rings is 1. The van der Waals surface area contributed by atoms with Gasteiger partial charge in [0.25, 0.3) is 0 Å². The summed E-state index contributed by atoms with van der Waals surface area (Å²) in [5, 5.41) is 0. The van der Waals surface area contributed by atoms with Gasteiger partial charge in [0.1, 0.15) is 0 Å². The maximum atomic E-state index is 12.2. The standard InChI is InChI=1S/C15H24N2O/c1-4-6-12-16(3)15(18)17(5-2)13-14-10-8-7-9-11-14/h7-11H,4-6,12-13H2,1-3H3. The highest BCUT2D eigenvalue weighted by atomic mass is 16.2. The zero-order valence-corrected chi connectivity index (χ0v) is 11.7. The lowest BCUT2D eigenvalue weighted by Crippen LogP contribution is -2.41. The van der Waals surface area contributed by atoms with Crippen molar-refractivity contribution in [3.05, 3.63) is 35.9 Å². The van der Waals surface area contributed by atoms with E-state index in [4.69, 9.17) is 0 Å². The van der Waals surface area contributed by atoms with Gasteiger partial charge in [-0.15, -0.1) is 0 Å². The molecule has 1 aromatic carbocycles. The van der Waals surface area contributed by atoms with E-state index in [1.807, 2.05) is 42.0 Å². The fourth-order valence-electron chi connectivity index (χ4n) is 1.85. The molecule has 2 amide bonds. The second kappa shape index (κ2) is 7.75. The number of carbonyl (C=O) groups excluding carboxylic acids is 1. The van der Waals surface area contributed by atoms with Gasteiger partial charge in [-0.1, -0.05) is 43.7 Å². The summed E-state index contributed by atoms with van der Waals surface area (Å²) >= 11 is 0. The van der Waals surface area contributed by atoms with Crippen molar-refractivity contribution in [1.29, 1.82) is 0 Å². The SMILES string of the molecule is CCCCN(C)C(=O)N(CC)Cc1ccccc1. The van der Waals surface area contributed by atoms with E-state index in [0.29, 0.717) is 6.54 Å². The third kappa shape index (κ3) is 4.40. The van der Waals surface area contributed by atoms with Crippen molar-refractivity contribution in [3.63, 3.8) is 0 Å². The van der Waals surface area contributed by atoms with Gasteiger partial charge in [0.2, 0.25) is 0 Å². The van der Waals surface area contributed by atoms with E-state index in [9.17, 15) is 4.79 Å². The van der Waals surface area contributed by atoms with Gasteiger partial charge >= 0.3 is 6.03 Å². The molecule has 0 aliphatic heterocycles. The summed E-state index contributed by atoms with van der Waals surface area (Å²) in [5.74, 6) is 0. The van der Waals surface area contributed by atoms with Gasteiger partial charge in [-0.3, -0.25) is 0 Å². The van der Waals surface area contributed by atoms with Gasteiger partial charge in [0.05, 0.1) is 0 Å². The van der Waals surface area contributed by atoms with Gasteiger partial charge in [-0.25, -0.2) is 4.79 Å². The highest BCUT2D eigenvalue weighted by Crippen LogP contribution is 2.07. The number of rotatable bonds is 6. The van der Waals surface area contributed by atoms with Crippen LogP contribution in [0.1, 0.15) is 32.3 Å². The molecular formula is C15H24N2O. The van der Waals surface area contributed by atoms with E-state index in [1.165, 1.54) is 5.56 Å². The normalized spacial score (nSPS) is 10.2. The molecule has 0 atom stereocenters. The molecule has 0 N–H and O–H groups in total. The first kappa shape index (κ1) is 14.6. The zero-order valence-electron chi connectivity index (χ0n) is 11.7. The summed E-state index contributed by atoms with van der Waals surface area (Å²) in [7, 11) is 1.88. The molecule has 1 aromatic rings. The Hall–Kier alpha value is -1.51. The predicted octanol–water partition coefficient (Wildman–Crippen LogP) is 3.36. The molecule has 0 aliphatic rings. The van der Waals surface area contributed by atoms with E-state index in [2.05, 4.69) is 19.1 Å². The highest BCUT2D eigenvalue weighted by molar-refractivity contribution is 5.74. The van der Waals surface area contributed by atoms with Crippen molar-refractivity contribution in [2.45, 2.75) is 33.2 Å². The number of nitrogens with zero attached hydrogens (tertiary/aromatic N) is 2. The summed E-state index contributed by atoms with van der Waals surface area (Å²) in [4.78, 5) is 15.9. The van der Waals surface area contributed by atoms with Crippen molar-refractivity contribution in [2.24, 2.45) is 0 Å². The van der Waals surface area contributed by atoms with Crippen LogP contribution in [0, 0.1) is 0 Å². The van der Waals surface area contributed by atoms with Crippen LogP contribution in [0.2, 0.25) is 0 Å². The van der Waals surface area contributed by atoms with Crippen LogP contribution >= 0.6 is 0 Å². The Morgan fingerprint density at radius 1 is 1.17 bits per heavy atom. The van der Waals surface area contributed by atoms with Crippen molar-refractivity contribution in [2.75, 3.05) is 20.1 Å². The summed E-state index contributed by atoms with van der Waals surface area (Å²) in [6.07, 6.45) is 2.17. The number of urea groups is 1. The molecule has 100 valence electrons. The molecule has 0 saturated carbocycles. The molecule has 0 bridgehead atoms. The van der Waals surface area contributed by atoms with Crippen LogP contribution in [0.5, 0.6) is 0 Å². The molecule has 1 rings (SSSR count). The third-order valence-corrected chi connectivity index (χ3v) is 3.04. The fraction of sp³-hybridized carbons (Fsp3) is 0.533. The first-order valence-electron chi connectivity index (χ1n) is 6.73. The molecule has 0 spiro atoms. The molecular weight excluding hydrogens is 224 g/mol. The molecule has 0 radical (unpaired) electrons. The summed E-state index contributed by atoms with van der Waals surface area (Å²) < 4.78 is 0. The number of amides is 2. The zero-order chi connectivity index (χ0) is 13.4. The number of unbranched alkanes of at least 4 members (excludes halogenated alkanes) is 1. The molecule has 3 heteroatoms. The van der Waals surface area contributed by atoms with Crippen molar-refractivity contribution in [3.8, 4) is 0 Å². The molecule has 0 heterocycles. The van der Waals surface area contributed by atoms with Gasteiger partial charge < -0.3 is 9.80 Å². The fourth-order valence-corrected chi connectivity index (χ4v) is 1.85. The number of carbonyl (C=O) groups is 1. The quantitative estimate of drug-likeness (QED) is 0.757. The lowest BCUT2D eigenvalue weighted by atomic mass is 10.2. The Morgan fingerprint density at radius 3 is 2.39 bits per heavy atom. The van der Waals surface area contributed by atoms with Gasteiger partial charge in [-0.2, -0.15) is 0 Å². The monoisotopic (exact) mass is 248 g/mol. The van der Waals surface area contributed by atoms with Crippen LogP contribution in [0.3, 0.4) is 0 Å². The van der Waals surface area contributed by atoms with Crippen LogP contribution in [0.15, 0.2) is 30.3 Å². The van der Waals surface area contributed by atoms with Crippen LogP contribution in [-0.2, 0) is 6.54 Å². The Kier molecular flexibility index (Phi) is 6.26. The van der Waals surface area contributed by atoms with Crippen molar-refractivity contribution < 1.29 is 4.79 Å². The average Bonchev–Trinajstić information content (AvgIpc) is 2.42. The molecule has 18 heavy (non-hydrogen) atoms. The Bertz CT molecular complexity index is 351. The molecule has 0 unspecified atom stereocenters. The molecule has 0 aromatic heterocycles. The molecule has 3 nitrogen and oxygen atoms in total. The van der Waals surface area contributed by atoms with E-state index >= 15 is 0 Å². The maximum Gasteiger partial charge on any atom is 0.320 e. The third-order valence-electron chi connectivity index (χ3n) is 3.04. The highest BCUT2D eigenvalue weighted by Gasteiger charge is 2.15. The molecule has 0 saturated heterocycles. The first-order chi connectivity index (χ1) is 8.69.